The van der Waals surface area contributed by atoms with E-state index in [4.69, 9.17) is 9.47 Å². The van der Waals surface area contributed by atoms with Crippen molar-refractivity contribution in [1.29, 1.82) is 0 Å². The van der Waals surface area contributed by atoms with Crippen LogP contribution in [0.4, 0.5) is 4.79 Å². The number of carbonyl (C=O) groups is 3. The third kappa shape index (κ3) is 7.71. The van der Waals surface area contributed by atoms with Gasteiger partial charge in [0, 0.05) is 26.6 Å². The molecule has 172 valence electrons. The minimum atomic E-state index is -1.06. The predicted octanol–water partition coefficient (Wildman–Crippen LogP) is 2.61. The minimum absolute atomic E-state index is 0.0407. The highest BCUT2D eigenvalue weighted by molar-refractivity contribution is 5.91. The normalized spacial score (nSPS) is 14.0. The molecule has 0 spiro atoms. The molecule has 2 amide bonds. The van der Waals surface area contributed by atoms with Crippen LogP contribution in [0.2, 0.25) is 0 Å². The van der Waals surface area contributed by atoms with Crippen LogP contribution in [-0.4, -0.2) is 71.3 Å². The molecule has 0 saturated heterocycles. The van der Waals surface area contributed by atoms with Gasteiger partial charge in [-0.2, -0.15) is 0 Å². The zero-order chi connectivity index (χ0) is 23.8. The summed E-state index contributed by atoms with van der Waals surface area (Å²) in [5.41, 5.74) is 0.0649. The Morgan fingerprint density at radius 3 is 2.19 bits per heavy atom. The Morgan fingerprint density at radius 1 is 1.13 bits per heavy atom. The predicted molar refractivity (Wildman–Crippen MR) is 117 cm³/mol. The Balaban J connectivity index is 2.99. The van der Waals surface area contributed by atoms with Gasteiger partial charge in [0.2, 0.25) is 5.91 Å². The summed E-state index contributed by atoms with van der Waals surface area (Å²) in [6.45, 7) is 10.2. The lowest BCUT2D eigenvalue weighted by Gasteiger charge is -2.35. The number of hydrogen-bond acceptors (Lipinski definition) is 6. The SMILES string of the molecule is C=C[C@H](C(=O)N(C)[C@H](C(=O)OCc1ccccc1)[C@H](C)CO)N(C)C(=O)OC(C)(C)C. The van der Waals surface area contributed by atoms with Crippen LogP contribution < -0.4 is 0 Å². The Labute approximate surface area is 184 Å². The van der Waals surface area contributed by atoms with Crippen molar-refractivity contribution in [3.05, 3.63) is 48.6 Å². The number of aliphatic hydroxyl groups excluding tert-OH is 1. The first kappa shape index (κ1) is 26.2. The molecule has 1 aromatic carbocycles. The number of aliphatic hydroxyl groups is 1. The van der Waals surface area contributed by atoms with Gasteiger partial charge in [0.25, 0.3) is 0 Å². The van der Waals surface area contributed by atoms with Crippen LogP contribution in [-0.2, 0) is 25.7 Å². The van der Waals surface area contributed by atoms with Crippen molar-refractivity contribution in [3.8, 4) is 0 Å². The molecule has 0 aliphatic carbocycles. The van der Waals surface area contributed by atoms with E-state index in [2.05, 4.69) is 6.58 Å². The van der Waals surface area contributed by atoms with Crippen molar-refractivity contribution in [1.82, 2.24) is 9.80 Å². The van der Waals surface area contributed by atoms with Crippen molar-refractivity contribution in [2.24, 2.45) is 5.92 Å². The summed E-state index contributed by atoms with van der Waals surface area (Å²) in [4.78, 5) is 40.6. The smallest absolute Gasteiger partial charge is 0.410 e. The summed E-state index contributed by atoms with van der Waals surface area (Å²) < 4.78 is 10.7. The molecule has 0 aromatic heterocycles. The van der Waals surface area contributed by atoms with Gasteiger partial charge >= 0.3 is 12.1 Å². The molecule has 1 rings (SSSR count). The fourth-order valence-electron chi connectivity index (χ4n) is 2.90. The molecule has 1 aromatic rings. The average Bonchev–Trinajstić information content (AvgIpc) is 2.71. The molecule has 0 unspecified atom stereocenters. The number of amides is 2. The Morgan fingerprint density at radius 2 is 1.71 bits per heavy atom. The van der Waals surface area contributed by atoms with E-state index in [1.807, 2.05) is 30.3 Å². The lowest BCUT2D eigenvalue weighted by Crippen LogP contribution is -2.55. The molecule has 0 aliphatic heterocycles. The van der Waals surface area contributed by atoms with Gasteiger partial charge in [-0.3, -0.25) is 9.69 Å². The molecule has 0 fully saturated rings. The van der Waals surface area contributed by atoms with E-state index >= 15 is 0 Å². The maximum atomic E-state index is 13.1. The monoisotopic (exact) mass is 434 g/mol. The molecular weight excluding hydrogens is 400 g/mol. The zero-order valence-corrected chi connectivity index (χ0v) is 19.2. The Bertz CT molecular complexity index is 759. The molecule has 0 heterocycles. The first-order valence-corrected chi connectivity index (χ1v) is 10.1. The molecule has 8 nitrogen and oxygen atoms in total. The van der Waals surface area contributed by atoms with Gasteiger partial charge in [0.15, 0.2) is 0 Å². The van der Waals surface area contributed by atoms with Gasteiger partial charge in [-0.1, -0.05) is 43.3 Å². The molecule has 0 aliphatic rings. The topological polar surface area (TPSA) is 96.4 Å². The molecule has 0 radical (unpaired) electrons. The van der Waals surface area contributed by atoms with Gasteiger partial charge < -0.3 is 19.5 Å². The second-order valence-corrected chi connectivity index (χ2v) is 8.42. The number of hydrogen-bond donors (Lipinski definition) is 1. The summed E-state index contributed by atoms with van der Waals surface area (Å²) in [7, 11) is 2.85. The van der Waals surface area contributed by atoms with Gasteiger partial charge in [0.05, 0.1) is 0 Å². The number of carbonyl (C=O) groups excluding carboxylic acids is 3. The van der Waals surface area contributed by atoms with Crippen LogP contribution in [0.15, 0.2) is 43.0 Å². The largest absolute Gasteiger partial charge is 0.459 e. The molecule has 0 saturated carbocycles. The maximum Gasteiger partial charge on any atom is 0.410 e. The van der Waals surface area contributed by atoms with Crippen LogP contribution in [0, 0.1) is 5.92 Å². The standard InChI is InChI=1S/C23H34N2O6/c1-8-18(24(6)22(29)31-23(3,4)5)20(27)25(7)19(16(2)14-26)21(28)30-15-17-12-10-9-11-13-17/h8-13,16,18-19,26H,1,14-15H2,2-7H3/t16-,18-,19+/m1/s1. The van der Waals surface area contributed by atoms with E-state index in [1.54, 1.807) is 27.7 Å². The van der Waals surface area contributed by atoms with Crippen molar-refractivity contribution < 1.29 is 29.0 Å². The third-order valence-corrected chi connectivity index (χ3v) is 4.63. The first-order valence-electron chi connectivity index (χ1n) is 10.1. The van der Waals surface area contributed by atoms with E-state index in [0.29, 0.717) is 0 Å². The van der Waals surface area contributed by atoms with E-state index < -0.39 is 41.6 Å². The summed E-state index contributed by atoms with van der Waals surface area (Å²) in [6, 6.07) is 7.03. The van der Waals surface area contributed by atoms with Crippen molar-refractivity contribution in [2.75, 3.05) is 20.7 Å². The molecule has 8 heteroatoms. The molecule has 1 N–H and O–H groups in total. The summed E-state index contributed by atoms with van der Waals surface area (Å²) in [5.74, 6) is -1.79. The molecule has 3 atom stereocenters. The molecule has 31 heavy (non-hydrogen) atoms. The second kappa shape index (κ2) is 11.5. The highest BCUT2D eigenvalue weighted by Crippen LogP contribution is 2.17. The minimum Gasteiger partial charge on any atom is -0.459 e. The van der Waals surface area contributed by atoms with Crippen LogP contribution >= 0.6 is 0 Å². The van der Waals surface area contributed by atoms with Crippen molar-refractivity contribution in [3.63, 3.8) is 0 Å². The zero-order valence-electron chi connectivity index (χ0n) is 19.2. The van der Waals surface area contributed by atoms with Crippen LogP contribution in [0.5, 0.6) is 0 Å². The van der Waals surface area contributed by atoms with Crippen molar-refractivity contribution in [2.45, 2.75) is 52.0 Å². The fraction of sp³-hybridized carbons (Fsp3) is 0.522. The average molecular weight is 435 g/mol. The number of nitrogens with zero attached hydrogens (tertiary/aromatic N) is 2. The highest BCUT2D eigenvalue weighted by Gasteiger charge is 2.38. The third-order valence-electron chi connectivity index (χ3n) is 4.63. The van der Waals surface area contributed by atoms with Gasteiger partial charge in [-0.15, -0.1) is 6.58 Å². The quantitative estimate of drug-likeness (QED) is 0.474. The van der Waals surface area contributed by atoms with E-state index in [0.717, 1.165) is 10.5 Å². The second-order valence-electron chi connectivity index (χ2n) is 8.42. The lowest BCUT2D eigenvalue weighted by atomic mass is 10.0. The van der Waals surface area contributed by atoms with Crippen LogP contribution in [0.3, 0.4) is 0 Å². The van der Waals surface area contributed by atoms with Gasteiger partial charge in [-0.05, 0) is 26.3 Å². The molecular formula is C23H34N2O6. The number of esters is 1. The van der Waals surface area contributed by atoms with E-state index in [9.17, 15) is 19.5 Å². The Kier molecular flexibility index (Phi) is 9.71. The number of likely N-dealkylation sites (N-methyl/N-ethyl adjacent to an activating group) is 2. The Hall–Kier alpha value is -2.87. The summed E-state index contributed by atoms with van der Waals surface area (Å²) >= 11 is 0. The molecule has 0 bridgehead atoms. The van der Waals surface area contributed by atoms with E-state index in [1.165, 1.54) is 25.1 Å². The van der Waals surface area contributed by atoms with Gasteiger partial charge in [0.1, 0.15) is 24.3 Å². The number of ether oxygens (including phenoxy) is 2. The fourth-order valence-corrected chi connectivity index (χ4v) is 2.90. The first-order chi connectivity index (χ1) is 14.4. The number of benzene rings is 1. The van der Waals surface area contributed by atoms with Crippen molar-refractivity contribution >= 4 is 18.0 Å². The van der Waals surface area contributed by atoms with Gasteiger partial charge in [-0.25, -0.2) is 9.59 Å². The van der Waals surface area contributed by atoms with E-state index in [-0.39, 0.29) is 13.2 Å². The summed E-state index contributed by atoms with van der Waals surface area (Å²) in [5, 5.41) is 9.64. The highest BCUT2D eigenvalue weighted by atomic mass is 16.6. The maximum absolute atomic E-state index is 13.1. The summed E-state index contributed by atoms with van der Waals surface area (Å²) in [6.07, 6.45) is 0.608. The van der Waals surface area contributed by atoms with Crippen LogP contribution in [0.1, 0.15) is 33.3 Å². The lowest BCUT2D eigenvalue weighted by molar-refractivity contribution is -0.159. The number of rotatable bonds is 9. The van der Waals surface area contributed by atoms with Crippen LogP contribution in [0.25, 0.3) is 0 Å².